The van der Waals surface area contributed by atoms with Crippen molar-refractivity contribution in [2.24, 2.45) is 5.92 Å². The van der Waals surface area contributed by atoms with E-state index in [9.17, 15) is 27.6 Å². The lowest BCUT2D eigenvalue weighted by molar-refractivity contribution is -0.150. The summed E-state index contributed by atoms with van der Waals surface area (Å²) in [6, 6.07) is 0.156. The number of anilines is 1. The number of nitrogens with zero attached hydrogens (tertiary/aromatic N) is 3. The van der Waals surface area contributed by atoms with Crippen molar-refractivity contribution in [1.29, 1.82) is 0 Å². The molecule has 1 aliphatic heterocycles. The Kier molecular flexibility index (Phi) is 9.28. The van der Waals surface area contributed by atoms with Crippen LogP contribution in [0.3, 0.4) is 0 Å². The Morgan fingerprint density at radius 2 is 2.00 bits per heavy atom. The molecule has 2 atom stereocenters. The standard InChI is InChI=1S/C21H33F3N4O5Si/c1-14(11-27-12-15(20(31)32-2)6-7-17(27)29)26-16-10-25-28(13-33-8-9-34(3,4)5)19(30)18(16)21(22,23)24/h10,14-15,26H,6-9,11-13H2,1-5H3/t14-,15?/m0/s1. The predicted octanol–water partition coefficient (Wildman–Crippen LogP) is 2.79. The van der Waals surface area contributed by atoms with Crippen LogP contribution in [-0.2, 0) is 32.0 Å². The smallest absolute Gasteiger partial charge is 0.423 e. The maximum atomic E-state index is 13.8. The Morgan fingerprint density at radius 1 is 1.32 bits per heavy atom. The first-order chi connectivity index (χ1) is 15.7. The van der Waals surface area contributed by atoms with Crippen LogP contribution in [0.1, 0.15) is 25.3 Å². The second-order valence-corrected chi connectivity index (χ2v) is 15.3. The van der Waals surface area contributed by atoms with Crippen molar-refractivity contribution in [2.75, 3.05) is 32.1 Å². The van der Waals surface area contributed by atoms with Crippen LogP contribution < -0.4 is 10.9 Å². The average molecular weight is 507 g/mol. The fourth-order valence-electron chi connectivity index (χ4n) is 3.59. The third kappa shape index (κ3) is 7.83. The van der Waals surface area contributed by atoms with Gasteiger partial charge in [0, 0.05) is 40.2 Å². The number of amides is 1. The second kappa shape index (κ2) is 11.3. The Hall–Kier alpha value is -2.41. The van der Waals surface area contributed by atoms with Crippen LogP contribution in [-0.4, -0.2) is 67.5 Å². The molecule has 1 unspecified atom stereocenters. The summed E-state index contributed by atoms with van der Waals surface area (Å²) in [6.45, 7) is 8.12. The molecule has 1 aliphatic rings. The molecular weight excluding hydrogens is 473 g/mol. The van der Waals surface area contributed by atoms with E-state index in [0.29, 0.717) is 17.7 Å². The molecule has 0 aliphatic carbocycles. The monoisotopic (exact) mass is 506 g/mol. The molecule has 2 heterocycles. The number of hydrogen-bond donors (Lipinski definition) is 1. The number of rotatable bonds is 10. The summed E-state index contributed by atoms with van der Waals surface area (Å²) in [6.07, 6.45) is -3.46. The molecule has 0 aromatic carbocycles. The number of nitrogens with one attached hydrogen (secondary N) is 1. The molecule has 1 amide bonds. The van der Waals surface area contributed by atoms with Crippen LogP contribution in [0.5, 0.6) is 0 Å². The van der Waals surface area contributed by atoms with Gasteiger partial charge in [-0.25, -0.2) is 4.68 Å². The third-order valence-electron chi connectivity index (χ3n) is 5.47. The molecule has 0 bridgehead atoms. The van der Waals surface area contributed by atoms with E-state index in [4.69, 9.17) is 9.47 Å². The molecule has 1 aromatic heterocycles. The van der Waals surface area contributed by atoms with Gasteiger partial charge >= 0.3 is 12.1 Å². The number of hydrogen-bond acceptors (Lipinski definition) is 7. The molecule has 2 rings (SSSR count). The van der Waals surface area contributed by atoms with Crippen molar-refractivity contribution in [2.45, 2.75) is 64.4 Å². The van der Waals surface area contributed by atoms with E-state index in [-0.39, 0.29) is 32.1 Å². The maximum absolute atomic E-state index is 13.8. The highest BCUT2D eigenvalue weighted by Gasteiger charge is 2.39. The zero-order valence-corrected chi connectivity index (χ0v) is 21.2. The number of carbonyl (C=O) groups excluding carboxylic acids is 2. The normalized spacial score (nSPS) is 18.1. The lowest BCUT2D eigenvalue weighted by Gasteiger charge is -2.33. The first kappa shape index (κ1) is 27.8. The number of carbonyl (C=O) groups is 2. The highest BCUT2D eigenvalue weighted by atomic mass is 28.3. The molecule has 1 aromatic rings. The summed E-state index contributed by atoms with van der Waals surface area (Å²) < 4.78 is 52.0. The van der Waals surface area contributed by atoms with E-state index in [1.54, 1.807) is 6.92 Å². The number of esters is 1. The molecule has 1 saturated heterocycles. The van der Waals surface area contributed by atoms with E-state index in [1.807, 2.05) is 0 Å². The number of likely N-dealkylation sites (tertiary alicyclic amines) is 1. The zero-order chi connectivity index (χ0) is 25.7. The molecule has 1 fully saturated rings. The topological polar surface area (TPSA) is 103 Å². The van der Waals surface area contributed by atoms with Gasteiger partial charge in [0.15, 0.2) is 0 Å². The molecule has 192 valence electrons. The minimum absolute atomic E-state index is 0.0481. The summed E-state index contributed by atoms with van der Waals surface area (Å²) in [5.41, 5.74) is -3.16. The second-order valence-electron chi connectivity index (χ2n) is 9.69. The Labute approximate surface area is 197 Å². The van der Waals surface area contributed by atoms with Gasteiger partial charge < -0.3 is 19.7 Å². The third-order valence-corrected chi connectivity index (χ3v) is 7.17. The molecule has 9 nitrogen and oxygen atoms in total. The predicted molar refractivity (Wildman–Crippen MR) is 122 cm³/mol. The zero-order valence-electron chi connectivity index (χ0n) is 20.2. The Morgan fingerprint density at radius 3 is 2.59 bits per heavy atom. The van der Waals surface area contributed by atoms with Crippen molar-refractivity contribution in [1.82, 2.24) is 14.7 Å². The average Bonchev–Trinajstić information content (AvgIpc) is 2.71. The van der Waals surface area contributed by atoms with Gasteiger partial charge in [0.1, 0.15) is 12.3 Å². The van der Waals surface area contributed by atoms with E-state index in [2.05, 4.69) is 30.1 Å². The number of aromatic nitrogens is 2. The van der Waals surface area contributed by atoms with Crippen LogP contribution in [0.2, 0.25) is 25.7 Å². The van der Waals surface area contributed by atoms with Gasteiger partial charge in [-0.05, 0) is 19.4 Å². The summed E-state index contributed by atoms with van der Waals surface area (Å²) >= 11 is 0. The first-order valence-corrected chi connectivity index (χ1v) is 14.8. The van der Waals surface area contributed by atoms with Gasteiger partial charge in [-0.1, -0.05) is 19.6 Å². The SMILES string of the molecule is COC(=O)C1CCC(=O)N(C[C@H](C)Nc2cnn(COCC[Si](C)(C)C)c(=O)c2C(F)(F)F)C1. The van der Waals surface area contributed by atoms with E-state index in [0.717, 1.165) is 12.2 Å². The minimum atomic E-state index is -4.92. The first-order valence-electron chi connectivity index (χ1n) is 11.1. The number of alkyl halides is 3. The van der Waals surface area contributed by atoms with E-state index < -0.39 is 49.0 Å². The number of ether oxygens (including phenoxy) is 2. The van der Waals surface area contributed by atoms with Gasteiger partial charge in [0.2, 0.25) is 5.91 Å². The molecule has 0 radical (unpaired) electrons. The van der Waals surface area contributed by atoms with Crippen molar-refractivity contribution < 1.29 is 32.2 Å². The minimum Gasteiger partial charge on any atom is -0.469 e. The summed E-state index contributed by atoms with van der Waals surface area (Å²) in [5.74, 6) is -1.11. The number of halogens is 3. The van der Waals surface area contributed by atoms with E-state index in [1.165, 1.54) is 12.0 Å². The summed E-state index contributed by atoms with van der Waals surface area (Å²) in [5, 5.41) is 6.49. The van der Waals surface area contributed by atoms with Crippen molar-refractivity contribution >= 4 is 25.6 Å². The van der Waals surface area contributed by atoms with E-state index >= 15 is 0 Å². The Bertz CT molecular complexity index is 932. The molecular formula is C21H33F3N4O5Si. The number of piperidine rings is 1. The van der Waals surface area contributed by atoms with Gasteiger partial charge in [-0.15, -0.1) is 0 Å². The van der Waals surface area contributed by atoms with Crippen molar-refractivity contribution in [3.05, 3.63) is 22.1 Å². The summed E-state index contributed by atoms with van der Waals surface area (Å²) in [4.78, 5) is 38.0. The lowest BCUT2D eigenvalue weighted by atomic mass is 9.97. The quantitative estimate of drug-likeness (QED) is 0.296. The van der Waals surface area contributed by atoms with Gasteiger partial charge in [-0.2, -0.15) is 18.3 Å². The van der Waals surface area contributed by atoms with Crippen LogP contribution >= 0.6 is 0 Å². The highest BCUT2D eigenvalue weighted by molar-refractivity contribution is 6.76. The molecule has 1 N–H and O–H groups in total. The fourth-order valence-corrected chi connectivity index (χ4v) is 4.34. The molecule has 0 saturated carbocycles. The Balaban J connectivity index is 2.13. The van der Waals surface area contributed by atoms with Crippen LogP contribution in [0, 0.1) is 5.92 Å². The largest absolute Gasteiger partial charge is 0.469 e. The molecule has 13 heteroatoms. The van der Waals surface area contributed by atoms with Gasteiger partial charge in [-0.3, -0.25) is 14.4 Å². The van der Waals surface area contributed by atoms with Crippen LogP contribution in [0.15, 0.2) is 11.0 Å². The van der Waals surface area contributed by atoms with Gasteiger partial charge in [0.05, 0.1) is 24.9 Å². The van der Waals surface area contributed by atoms with Gasteiger partial charge in [0.25, 0.3) is 5.56 Å². The van der Waals surface area contributed by atoms with Crippen LogP contribution in [0.25, 0.3) is 0 Å². The van der Waals surface area contributed by atoms with Crippen molar-refractivity contribution in [3.63, 3.8) is 0 Å². The van der Waals surface area contributed by atoms with Crippen molar-refractivity contribution in [3.8, 4) is 0 Å². The molecule has 34 heavy (non-hydrogen) atoms. The molecule has 0 spiro atoms. The summed E-state index contributed by atoms with van der Waals surface area (Å²) in [7, 11) is -0.128. The lowest BCUT2D eigenvalue weighted by Crippen LogP contribution is -2.47. The van der Waals surface area contributed by atoms with Crippen LogP contribution in [0.4, 0.5) is 18.9 Å². The fraction of sp³-hybridized carbons (Fsp3) is 0.714. The number of methoxy groups -OCH3 is 1. The maximum Gasteiger partial charge on any atom is 0.423 e. The highest BCUT2D eigenvalue weighted by Crippen LogP contribution is 2.32.